The summed E-state index contributed by atoms with van der Waals surface area (Å²) >= 11 is 0. The Hall–Kier alpha value is -1.17. The second-order valence-corrected chi connectivity index (χ2v) is 17.0. The first-order chi connectivity index (χ1) is 11.6. The lowest BCUT2D eigenvalue weighted by atomic mass is 10.4. The first-order valence-corrected chi connectivity index (χ1v) is 14.5. The fourth-order valence-corrected chi connectivity index (χ4v) is 18.5. The molecule has 1 atom stereocenters. The Labute approximate surface area is 150 Å². The van der Waals surface area contributed by atoms with E-state index in [1.165, 1.54) is 28.5 Å². The predicted octanol–water partition coefficient (Wildman–Crippen LogP) is 4.48. The second kappa shape index (κ2) is 8.28. The Morgan fingerprint density at radius 2 is 1.12 bits per heavy atom. The minimum atomic E-state index is -1.99. The van der Waals surface area contributed by atoms with Crippen LogP contribution in [0.3, 0.4) is 0 Å². The Morgan fingerprint density at radius 3 is 1.42 bits per heavy atom. The largest absolute Gasteiger partial charge is 0.387 e. The van der Waals surface area contributed by atoms with Gasteiger partial charge in [-0.1, -0.05) is 116 Å². The maximum absolute atomic E-state index is 6.39. The minimum Gasteiger partial charge on any atom is -0.387 e. The van der Waals surface area contributed by atoms with Gasteiger partial charge in [-0.3, -0.25) is 0 Å². The van der Waals surface area contributed by atoms with Crippen molar-refractivity contribution in [3.8, 4) is 0 Å². The highest BCUT2D eigenvalue weighted by molar-refractivity contribution is 7.11. The third kappa shape index (κ3) is 3.30. The van der Waals surface area contributed by atoms with Crippen LogP contribution in [0, 0.1) is 0 Å². The average molecular weight is 357 g/mol. The SMILES string of the molecule is CC[Si](CC)(CC)C(OC)[Si](C)(c1ccccc1)c1ccccc1. The van der Waals surface area contributed by atoms with E-state index in [1.807, 2.05) is 7.11 Å². The van der Waals surface area contributed by atoms with E-state index in [9.17, 15) is 0 Å². The molecular formula is C21H32OSi2. The topological polar surface area (TPSA) is 9.23 Å². The molecule has 0 heterocycles. The number of hydrogen-bond donors (Lipinski definition) is 0. The quantitative estimate of drug-likeness (QED) is 0.634. The van der Waals surface area contributed by atoms with Crippen LogP contribution in [-0.4, -0.2) is 28.6 Å². The standard InChI is InChI=1S/C21H32OSi2/c1-6-24(7-2,8-3)21(22-4)23(5,19-15-11-9-12-16-19)20-17-13-10-14-18-20/h9-18,21H,6-8H2,1-5H3. The van der Waals surface area contributed by atoms with E-state index >= 15 is 0 Å². The van der Waals surface area contributed by atoms with Crippen LogP contribution in [-0.2, 0) is 4.74 Å². The van der Waals surface area contributed by atoms with Crippen molar-refractivity contribution in [3.63, 3.8) is 0 Å². The van der Waals surface area contributed by atoms with Crippen molar-refractivity contribution in [1.82, 2.24) is 0 Å². The van der Waals surface area contributed by atoms with E-state index in [4.69, 9.17) is 4.74 Å². The van der Waals surface area contributed by atoms with Crippen molar-refractivity contribution in [2.75, 3.05) is 7.11 Å². The molecule has 2 aromatic carbocycles. The number of methoxy groups -OCH3 is 1. The van der Waals surface area contributed by atoms with Crippen molar-refractivity contribution in [2.24, 2.45) is 0 Å². The number of benzene rings is 2. The van der Waals surface area contributed by atoms with E-state index in [2.05, 4.69) is 88.0 Å². The molecule has 0 fully saturated rings. The summed E-state index contributed by atoms with van der Waals surface area (Å²) in [6.45, 7) is 9.68. The molecule has 0 aliphatic carbocycles. The molecule has 2 aromatic rings. The first-order valence-electron chi connectivity index (χ1n) is 9.22. The lowest BCUT2D eigenvalue weighted by Gasteiger charge is -2.46. The zero-order chi connectivity index (χ0) is 17.6. The second-order valence-electron chi connectivity index (χ2n) is 6.97. The minimum absolute atomic E-state index is 0.398. The molecule has 0 radical (unpaired) electrons. The van der Waals surface area contributed by atoms with Gasteiger partial charge in [0.1, 0.15) is 8.07 Å². The van der Waals surface area contributed by atoms with Gasteiger partial charge in [0, 0.05) is 7.11 Å². The Balaban J connectivity index is 2.70. The maximum Gasteiger partial charge on any atom is 0.142 e. The fourth-order valence-electron chi connectivity index (χ4n) is 4.44. The van der Waals surface area contributed by atoms with Crippen LogP contribution in [0.2, 0.25) is 24.7 Å². The molecule has 0 spiro atoms. The van der Waals surface area contributed by atoms with Crippen molar-refractivity contribution in [1.29, 1.82) is 0 Å². The molecule has 0 amide bonds. The number of hydrogen-bond acceptors (Lipinski definition) is 1. The molecule has 0 N–H and O–H groups in total. The lowest BCUT2D eigenvalue weighted by Crippen LogP contribution is -2.72. The number of rotatable bonds is 8. The van der Waals surface area contributed by atoms with Gasteiger partial charge in [-0.25, -0.2) is 0 Å². The molecule has 2 rings (SSSR count). The maximum atomic E-state index is 6.39. The zero-order valence-corrected chi connectivity index (χ0v) is 17.9. The Bertz CT molecular complexity index is 560. The lowest BCUT2D eigenvalue weighted by molar-refractivity contribution is 0.207. The van der Waals surface area contributed by atoms with Crippen LogP contribution in [0.15, 0.2) is 60.7 Å². The summed E-state index contributed by atoms with van der Waals surface area (Å²) in [7, 11) is -1.55. The third-order valence-corrected chi connectivity index (χ3v) is 19.7. The summed E-state index contributed by atoms with van der Waals surface area (Å²) in [6, 6.07) is 26.2. The van der Waals surface area contributed by atoms with Gasteiger partial charge in [0.05, 0.1) is 13.4 Å². The van der Waals surface area contributed by atoms with E-state index in [0.717, 1.165) is 0 Å². The summed E-state index contributed by atoms with van der Waals surface area (Å²) in [5.41, 5.74) is 0. The summed E-state index contributed by atoms with van der Waals surface area (Å²) < 4.78 is 6.39. The molecule has 0 aliphatic rings. The first kappa shape index (κ1) is 19.2. The third-order valence-electron chi connectivity index (χ3n) is 6.18. The van der Waals surface area contributed by atoms with Crippen molar-refractivity contribution in [2.45, 2.75) is 50.8 Å². The van der Waals surface area contributed by atoms with Crippen LogP contribution in [0.5, 0.6) is 0 Å². The Kier molecular flexibility index (Phi) is 6.61. The van der Waals surface area contributed by atoms with Gasteiger partial charge in [-0.05, 0) is 0 Å². The van der Waals surface area contributed by atoms with E-state index in [-0.39, 0.29) is 0 Å². The molecule has 1 unspecified atom stereocenters. The molecule has 0 aromatic heterocycles. The molecule has 1 nitrogen and oxygen atoms in total. The van der Waals surface area contributed by atoms with Gasteiger partial charge < -0.3 is 4.74 Å². The highest BCUT2D eigenvalue weighted by Gasteiger charge is 2.51. The van der Waals surface area contributed by atoms with Gasteiger partial charge in [0.25, 0.3) is 0 Å². The fraction of sp³-hybridized carbons (Fsp3) is 0.429. The summed E-state index contributed by atoms with van der Waals surface area (Å²) in [6.07, 6.45) is 0. The highest BCUT2D eigenvalue weighted by Crippen LogP contribution is 2.31. The summed E-state index contributed by atoms with van der Waals surface area (Å²) in [5, 5.41) is 3.39. The monoisotopic (exact) mass is 356 g/mol. The molecular weight excluding hydrogens is 324 g/mol. The van der Waals surface area contributed by atoms with E-state index < -0.39 is 16.1 Å². The molecule has 130 valence electrons. The average Bonchev–Trinajstić information content (AvgIpc) is 2.67. The molecule has 0 bridgehead atoms. The molecule has 0 saturated heterocycles. The molecule has 3 heteroatoms. The molecule has 0 saturated carbocycles. The van der Waals surface area contributed by atoms with E-state index in [0.29, 0.717) is 5.35 Å². The zero-order valence-electron chi connectivity index (χ0n) is 15.9. The predicted molar refractivity (Wildman–Crippen MR) is 112 cm³/mol. The molecule has 0 aliphatic heterocycles. The van der Waals surface area contributed by atoms with Crippen LogP contribution in [0.1, 0.15) is 20.8 Å². The van der Waals surface area contributed by atoms with Crippen LogP contribution in [0.25, 0.3) is 0 Å². The molecule has 24 heavy (non-hydrogen) atoms. The summed E-state index contributed by atoms with van der Waals surface area (Å²) in [5.74, 6) is 0. The van der Waals surface area contributed by atoms with Crippen LogP contribution < -0.4 is 10.4 Å². The van der Waals surface area contributed by atoms with Gasteiger partial charge >= 0.3 is 0 Å². The highest BCUT2D eigenvalue weighted by atomic mass is 28.4. The number of ether oxygens (including phenoxy) is 1. The normalized spacial score (nSPS) is 13.7. The van der Waals surface area contributed by atoms with E-state index in [1.54, 1.807) is 0 Å². The van der Waals surface area contributed by atoms with Gasteiger partial charge in [0.15, 0.2) is 0 Å². The van der Waals surface area contributed by atoms with Gasteiger partial charge in [-0.2, -0.15) is 0 Å². The van der Waals surface area contributed by atoms with Crippen molar-refractivity contribution < 1.29 is 4.74 Å². The Morgan fingerprint density at radius 1 is 0.750 bits per heavy atom. The van der Waals surface area contributed by atoms with Crippen molar-refractivity contribution >= 4 is 26.5 Å². The smallest absolute Gasteiger partial charge is 0.142 e. The van der Waals surface area contributed by atoms with Gasteiger partial charge in [0.2, 0.25) is 0 Å². The van der Waals surface area contributed by atoms with Crippen molar-refractivity contribution in [3.05, 3.63) is 60.7 Å². The van der Waals surface area contributed by atoms with Crippen LogP contribution >= 0.6 is 0 Å². The van der Waals surface area contributed by atoms with Crippen LogP contribution in [0.4, 0.5) is 0 Å². The van der Waals surface area contributed by atoms with Gasteiger partial charge in [-0.15, -0.1) is 0 Å². The summed E-state index contributed by atoms with van der Waals surface area (Å²) in [4.78, 5) is 0.